The Hall–Kier alpha value is -1.81. The van der Waals surface area contributed by atoms with Crippen molar-refractivity contribution in [1.82, 2.24) is 4.90 Å². The summed E-state index contributed by atoms with van der Waals surface area (Å²) in [5.74, 6) is -0.688. The molecule has 0 aliphatic heterocycles. The molecule has 0 heterocycles. The molecule has 1 atom stereocenters. The third-order valence-electron chi connectivity index (χ3n) is 3.63. The van der Waals surface area contributed by atoms with Gasteiger partial charge < -0.3 is 9.64 Å². The van der Waals surface area contributed by atoms with Crippen molar-refractivity contribution in [2.45, 2.75) is 25.8 Å². The number of esters is 1. The maximum atomic E-state index is 12.4. The molecule has 1 unspecified atom stereocenters. The summed E-state index contributed by atoms with van der Waals surface area (Å²) < 4.78 is 4.73. The Balaban J connectivity index is 2.00. The van der Waals surface area contributed by atoms with Crippen LogP contribution in [0.25, 0.3) is 6.08 Å². The molecule has 1 fully saturated rings. The molecule has 1 amide bonds. The highest BCUT2D eigenvalue weighted by Crippen LogP contribution is 2.28. The molecule has 1 aromatic rings. The minimum atomic E-state index is -0.321. The average Bonchev–Trinajstić information content (AvgIpc) is 3.35. The van der Waals surface area contributed by atoms with E-state index in [1.807, 2.05) is 12.1 Å². The molecule has 1 aliphatic rings. The number of benzene rings is 1. The van der Waals surface area contributed by atoms with Gasteiger partial charge in [-0.15, -0.1) is 0 Å². The maximum Gasteiger partial charge on any atom is 0.310 e. The normalized spacial score (nSPS) is 15.6. The molecule has 2 rings (SSSR count). The number of hydrogen-bond donors (Lipinski definition) is 0. The number of ether oxygens (including phenoxy) is 1. The van der Waals surface area contributed by atoms with Crippen molar-refractivity contribution < 1.29 is 14.3 Å². The van der Waals surface area contributed by atoms with E-state index in [0.717, 1.165) is 18.4 Å². The minimum Gasteiger partial charge on any atom is -0.469 e. The fourth-order valence-electron chi connectivity index (χ4n) is 2.21. The lowest BCUT2D eigenvalue weighted by molar-refractivity contribution is -0.146. The lowest BCUT2D eigenvalue weighted by Gasteiger charge is -2.23. The van der Waals surface area contributed by atoms with Gasteiger partial charge >= 0.3 is 5.97 Å². The van der Waals surface area contributed by atoms with Gasteiger partial charge in [0, 0.05) is 23.7 Å². The molecule has 0 radical (unpaired) electrons. The third-order valence-corrected chi connectivity index (χ3v) is 3.89. The molecular formula is C17H20ClNO3. The van der Waals surface area contributed by atoms with E-state index in [1.165, 1.54) is 7.11 Å². The fourth-order valence-corrected chi connectivity index (χ4v) is 2.34. The first-order valence-electron chi connectivity index (χ1n) is 7.33. The van der Waals surface area contributed by atoms with Crippen LogP contribution in [0.15, 0.2) is 30.3 Å². The molecule has 4 nitrogen and oxygen atoms in total. The second kappa shape index (κ2) is 7.45. The number of nitrogens with zero attached hydrogens (tertiary/aromatic N) is 1. The maximum absolute atomic E-state index is 12.4. The molecule has 0 saturated heterocycles. The van der Waals surface area contributed by atoms with E-state index in [4.69, 9.17) is 16.3 Å². The summed E-state index contributed by atoms with van der Waals surface area (Å²) >= 11 is 5.83. The van der Waals surface area contributed by atoms with Crippen molar-refractivity contribution in [3.8, 4) is 0 Å². The van der Waals surface area contributed by atoms with Crippen molar-refractivity contribution in [3.05, 3.63) is 40.9 Å². The first-order chi connectivity index (χ1) is 10.5. The molecule has 1 aromatic carbocycles. The SMILES string of the molecule is COC(=O)C(C)CN(C(=O)/C=C/c1ccc(Cl)cc1)C1CC1. The molecule has 5 heteroatoms. The Labute approximate surface area is 135 Å². The van der Waals surface area contributed by atoms with Crippen LogP contribution < -0.4 is 0 Å². The van der Waals surface area contributed by atoms with Gasteiger partial charge in [0.25, 0.3) is 0 Å². The Kier molecular flexibility index (Phi) is 5.61. The van der Waals surface area contributed by atoms with Crippen molar-refractivity contribution in [2.75, 3.05) is 13.7 Å². The number of rotatable bonds is 6. The molecule has 1 saturated carbocycles. The summed E-state index contributed by atoms with van der Waals surface area (Å²) in [7, 11) is 1.36. The van der Waals surface area contributed by atoms with Gasteiger partial charge in [-0.1, -0.05) is 30.7 Å². The molecule has 1 aliphatic carbocycles. The van der Waals surface area contributed by atoms with Gasteiger partial charge in [-0.3, -0.25) is 9.59 Å². The first kappa shape index (κ1) is 16.6. The number of carbonyl (C=O) groups is 2. The van der Waals surface area contributed by atoms with Gasteiger partial charge in [-0.2, -0.15) is 0 Å². The van der Waals surface area contributed by atoms with Gasteiger partial charge in [0.2, 0.25) is 5.91 Å². The van der Waals surface area contributed by atoms with Crippen LogP contribution in [-0.4, -0.2) is 36.5 Å². The first-order valence-corrected chi connectivity index (χ1v) is 7.71. The van der Waals surface area contributed by atoms with Crippen LogP contribution in [0, 0.1) is 5.92 Å². The van der Waals surface area contributed by atoms with E-state index in [1.54, 1.807) is 36.1 Å². The monoisotopic (exact) mass is 321 g/mol. The molecule has 0 spiro atoms. The van der Waals surface area contributed by atoms with Gasteiger partial charge in [0.1, 0.15) is 0 Å². The van der Waals surface area contributed by atoms with Crippen LogP contribution in [-0.2, 0) is 14.3 Å². The standard InChI is InChI=1S/C17H20ClNO3/c1-12(17(21)22-2)11-19(15-8-9-15)16(20)10-5-13-3-6-14(18)7-4-13/h3-7,10,12,15H,8-9,11H2,1-2H3/b10-5+. The van der Waals surface area contributed by atoms with Crippen LogP contribution in [0.5, 0.6) is 0 Å². The molecule has 22 heavy (non-hydrogen) atoms. The van der Waals surface area contributed by atoms with Crippen LogP contribution >= 0.6 is 11.6 Å². The van der Waals surface area contributed by atoms with E-state index in [0.29, 0.717) is 11.6 Å². The van der Waals surface area contributed by atoms with E-state index >= 15 is 0 Å². The van der Waals surface area contributed by atoms with E-state index in [-0.39, 0.29) is 23.8 Å². The Bertz CT molecular complexity index is 564. The summed E-state index contributed by atoms with van der Waals surface area (Å²) in [5, 5.41) is 0.662. The highest BCUT2D eigenvalue weighted by atomic mass is 35.5. The Morgan fingerprint density at radius 2 is 2.00 bits per heavy atom. The largest absolute Gasteiger partial charge is 0.469 e. The average molecular weight is 322 g/mol. The number of amides is 1. The zero-order valence-corrected chi connectivity index (χ0v) is 13.5. The van der Waals surface area contributed by atoms with Crippen LogP contribution in [0.4, 0.5) is 0 Å². The van der Waals surface area contributed by atoms with Crippen LogP contribution in [0.2, 0.25) is 5.02 Å². The van der Waals surface area contributed by atoms with Gasteiger partial charge in [0.15, 0.2) is 0 Å². The zero-order chi connectivity index (χ0) is 16.1. The van der Waals surface area contributed by atoms with Crippen molar-refractivity contribution >= 4 is 29.6 Å². The van der Waals surface area contributed by atoms with Gasteiger partial charge in [-0.25, -0.2) is 0 Å². The lowest BCUT2D eigenvalue weighted by Crippen LogP contribution is -2.37. The summed E-state index contributed by atoms with van der Waals surface area (Å²) in [6, 6.07) is 7.51. The number of hydrogen-bond acceptors (Lipinski definition) is 3. The topological polar surface area (TPSA) is 46.6 Å². The smallest absolute Gasteiger partial charge is 0.310 e. The van der Waals surface area contributed by atoms with E-state index in [2.05, 4.69) is 0 Å². The number of carbonyl (C=O) groups excluding carboxylic acids is 2. The number of halogens is 1. The molecule has 0 bridgehead atoms. The molecular weight excluding hydrogens is 302 g/mol. The van der Waals surface area contributed by atoms with Crippen LogP contribution in [0.3, 0.4) is 0 Å². The molecule has 0 N–H and O–H groups in total. The highest BCUT2D eigenvalue weighted by molar-refractivity contribution is 6.30. The lowest BCUT2D eigenvalue weighted by atomic mass is 10.1. The zero-order valence-electron chi connectivity index (χ0n) is 12.8. The van der Waals surface area contributed by atoms with Crippen molar-refractivity contribution in [1.29, 1.82) is 0 Å². The third kappa shape index (κ3) is 4.60. The minimum absolute atomic E-state index is 0.0757. The quantitative estimate of drug-likeness (QED) is 0.597. The molecule has 0 aromatic heterocycles. The number of methoxy groups -OCH3 is 1. The van der Waals surface area contributed by atoms with Crippen molar-refractivity contribution in [2.24, 2.45) is 5.92 Å². The molecule has 118 valence electrons. The fraction of sp³-hybridized carbons (Fsp3) is 0.412. The Morgan fingerprint density at radius 1 is 1.36 bits per heavy atom. The summed E-state index contributed by atoms with van der Waals surface area (Å²) in [5.41, 5.74) is 0.912. The predicted octanol–water partition coefficient (Wildman–Crippen LogP) is 3.15. The van der Waals surface area contributed by atoms with E-state index in [9.17, 15) is 9.59 Å². The van der Waals surface area contributed by atoms with Crippen molar-refractivity contribution in [3.63, 3.8) is 0 Å². The second-order valence-electron chi connectivity index (χ2n) is 5.53. The summed E-state index contributed by atoms with van der Waals surface area (Å²) in [6.07, 6.45) is 5.30. The van der Waals surface area contributed by atoms with E-state index < -0.39 is 0 Å². The summed E-state index contributed by atoms with van der Waals surface area (Å²) in [4.78, 5) is 25.7. The van der Waals surface area contributed by atoms with Gasteiger partial charge in [-0.05, 0) is 36.6 Å². The highest BCUT2D eigenvalue weighted by Gasteiger charge is 2.33. The summed E-state index contributed by atoms with van der Waals surface area (Å²) in [6.45, 7) is 2.17. The van der Waals surface area contributed by atoms with Gasteiger partial charge in [0.05, 0.1) is 13.0 Å². The van der Waals surface area contributed by atoms with Crippen LogP contribution in [0.1, 0.15) is 25.3 Å². The second-order valence-corrected chi connectivity index (χ2v) is 5.97. The Morgan fingerprint density at radius 3 is 2.55 bits per heavy atom. The predicted molar refractivity (Wildman–Crippen MR) is 86.4 cm³/mol.